The Morgan fingerprint density at radius 1 is 1.15 bits per heavy atom. The van der Waals surface area contributed by atoms with Crippen LogP contribution in [0.5, 0.6) is 11.5 Å². The summed E-state index contributed by atoms with van der Waals surface area (Å²) in [5.74, 6) is 1.84. The average Bonchev–Trinajstić information content (AvgIpc) is 2.66. The van der Waals surface area contributed by atoms with Crippen molar-refractivity contribution in [3.63, 3.8) is 0 Å². The normalized spacial score (nSPS) is 10.7. The van der Waals surface area contributed by atoms with Crippen molar-refractivity contribution in [2.24, 2.45) is 0 Å². The molecule has 0 N–H and O–H groups in total. The molecule has 1 heterocycles. The van der Waals surface area contributed by atoms with Gasteiger partial charge in [-0.2, -0.15) is 0 Å². The maximum absolute atomic E-state index is 13.2. The Kier molecular flexibility index (Phi) is 5.32. The molecule has 134 valence electrons. The van der Waals surface area contributed by atoms with Crippen molar-refractivity contribution in [3.8, 4) is 17.2 Å². The molecule has 1 aromatic heterocycles. The van der Waals surface area contributed by atoms with E-state index >= 15 is 0 Å². The summed E-state index contributed by atoms with van der Waals surface area (Å²) in [6.45, 7) is 5.89. The molecular formula is C20H20N2O3S. The molecule has 6 heteroatoms. The molecule has 0 saturated carbocycles. The lowest BCUT2D eigenvalue weighted by molar-refractivity contribution is 0.354. The van der Waals surface area contributed by atoms with E-state index in [1.54, 1.807) is 37.0 Å². The minimum Gasteiger partial charge on any atom is -0.493 e. The minimum absolute atomic E-state index is 0.118. The number of fused-ring (bicyclic) bond motifs is 1. The van der Waals surface area contributed by atoms with Gasteiger partial charge < -0.3 is 9.47 Å². The summed E-state index contributed by atoms with van der Waals surface area (Å²) in [6, 6.07) is 12.7. The van der Waals surface area contributed by atoms with Gasteiger partial charge in [-0.05, 0) is 31.2 Å². The van der Waals surface area contributed by atoms with Crippen LogP contribution in [0.15, 0.2) is 64.6 Å². The van der Waals surface area contributed by atoms with E-state index in [1.807, 2.05) is 31.2 Å². The lowest BCUT2D eigenvalue weighted by atomic mass is 10.2. The quantitative estimate of drug-likeness (QED) is 0.373. The first-order valence-electron chi connectivity index (χ1n) is 8.06. The van der Waals surface area contributed by atoms with E-state index in [9.17, 15) is 4.79 Å². The first kappa shape index (κ1) is 18.1. The van der Waals surface area contributed by atoms with Crippen molar-refractivity contribution >= 4 is 22.7 Å². The molecule has 2 aromatic carbocycles. The van der Waals surface area contributed by atoms with E-state index in [4.69, 9.17) is 14.5 Å². The molecule has 0 aliphatic heterocycles. The van der Waals surface area contributed by atoms with Gasteiger partial charge in [0.15, 0.2) is 16.7 Å². The SMILES string of the molecule is C=C(C)CSc1nc2ccccc2c(=O)n1-c1ccc(OC)c(OC)c1. The minimum atomic E-state index is -0.118. The molecule has 0 radical (unpaired) electrons. The summed E-state index contributed by atoms with van der Waals surface area (Å²) in [7, 11) is 3.15. The Bertz CT molecular complexity index is 1030. The fraction of sp³-hybridized carbons (Fsp3) is 0.200. The van der Waals surface area contributed by atoms with Gasteiger partial charge in [-0.15, -0.1) is 0 Å². The van der Waals surface area contributed by atoms with Gasteiger partial charge in [0.1, 0.15) is 0 Å². The summed E-state index contributed by atoms with van der Waals surface area (Å²) in [6.07, 6.45) is 0. The van der Waals surface area contributed by atoms with Gasteiger partial charge in [-0.1, -0.05) is 36.0 Å². The number of benzene rings is 2. The van der Waals surface area contributed by atoms with E-state index in [2.05, 4.69) is 6.58 Å². The predicted molar refractivity (Wildman–Crippen MR) is 106 cm³/mol. The van der Waals surface area contributed by atoms with Crippen LogP contribution in [0.4, 0.5) is 0 Å². The average molecular weight is 368 g/mol. The lowest BCUT2D eigenvalue weighted by Gasteiger charge is -2.15. The molecule has 0 atom stereocenters. The van der Waals surface area contributed by atoms with E-state index in [1.165, 1.54) is 11.8 Å². The van der Waals surface area contributed by atoms with Crippen LogP contribution in [0.25, 0.3) is 16.6 Å². The molecule has 0 bridgehead atoms. The van der Waals surface area contributed by atoms with Crippen molar-refractivity contribution in [1.82, 2.24) is 9.55 Å². The number of rotatable bonds is 6. The Balaban J connectivity index is 2.25. The third-order valence-electron chi connectivity index (χ3n) is 3.82. The van der Waals surface area contributed by atoms with Crippen LogP contribution in [0.3, 0.4) is 0 Å². The smallest absolute Gasteiger partial charge is 0.266 e. The van der Waals surface area contributed by atoms with Crippen molar-refractivity contribution in [2.45, 2.75) is 12.1 Å². The zero-order chi connectivity index (χ0) is 18.7. The second kappa shape index (κ2) is 7.66. The van der Waals surface area contributed by atoms with Crippen molar-refractivity contribution in [1.29, 1.82) is 0 Å². The number of hydrogen-bond acceptors (Lipinski definition) is 5. The molecule has 0 amide bonds. The Labute approximate surface area is 156 Å². The summed E-state index contributed by atoms with van der Waals surface area (Å²) in [5, 5.41) is 1.19. The van der Waals surface area contributed by atoms with Gasteiger partial charge in [0.2, 0.25) is 0 Å². The fourth-order valence-corrected chi connectivity index (χ4v) is 3.44. The molecule has 3 rings (SSSR count). The third-order valence-corrected chi connectivity index (χ3v) is 4.99. The first-order valence-corrected chi connectivity index (χ1v) is 9.05. The summed E-state index contributed by atoms with van der Waals surface area (Å²) < 4.78 is 12.3. The molecule has 0 aliphatic rings. The van der Waals surface area contributed by atoms with E-state index < -0.39 is 0 Å². The molecular weight excluding hydrogens is 348 g/mol. The molecule has 0 aliphatic carbocycles. The van der Waals surface area contributed by atoms with Crippen LogP contribution in [-0.4, -0.2) is 29.5 Å². The molecule has 26 heavy (non-hydrogen) atoms. The highest BCUT2D eigenvalue weighted by atomic mass is 32.2. The maximum atomic E-state index is 13.2. The van der Waals surface area contributed by atoms with Gasteiger partial charge in [-0.3, -0.25) is 9.36 Å². The number of para-hydroxylation sites is 1. The highest BCUT2D eigenvalue weighted by Gasteiger charge is 2.15. The zero-order valence-electron chi connectivity index (χ0n) is 15.0. The summed E-state index contributed by atoms with van der Waals surface area (Å²) in [5.41, 5.74) is 2.25. The number of aromatic nitrogens is 2. The predicted octanol–water partition coefficient (Wildman–Crippen LogP) is 4.07. The maximum Gasteiger partial charge on any atom is 0.266 e. The second-order valence-electron chi connectivity index (χ2n) is 5.84. The number of nitrogens with zero attached hydrogens (tertiary/aromatic N) is 2. The monoisotopic (exact) mass is 368 g/mol. The third kappa shape index (κ3) is 3.46. The lowest BCUT2D eigenvalue weighted by Crippen LogP contribution is -2.22. The Morgan fingerprint density at radius 2 is 1.88 bits per heavy atom. The molecule has 0 saturated heterocycles. The Morgan fingerprint density at radius 3 is 2.58 bits per heavy atom. The second-order valence-corrected chi connectivity index (χ2v) is 6.78. The molecule has 0 fully saturated rings. The summed E-state index contributed by atoms with van der Waals surface area (Å²) >= 11 is 1.48. The summed E-state index contributed by atoms with van der Waals surface area (Å²) in [4.78, 5) is 17.9. The van der Waals surface area contributed by atoms with E-state index in [0.717, 1.165) is 5.57 Å². The fourth-order valence-electron chi connectivity index (χ4n) is 2.59. The van der Waals surface area contributed by atoms with Crippen LogP contribution in [0.1, 0.15) is 6.92 Å². The van der Waals surface area contributed by atoms with Gasteiger partial charge in [0.05, 0.1) is 30.8 Å². The number of ether oxygens (including phenoxy) is 2. The zero-order valence-corrected chi connectivity index (χ0v) is 15.8. The van der Waals surface area contributed by atoms with Gasteiger partial charge in [0, 0.05) is 11.8 Å². The Hall–Kier alpha value is -2.73. The highest BCUT2D eigenvalue weighted by Crippen LogP contribution is 2.30. The van der Waals surface area contributed by atoms with Gasteiger partial charge >= 0.3 is 0 Å². The van der Waals surface area contributed by atoms with Crippen molar-refractivity contribution in [3.05, 3.63) is 65.0 Å². The topological polar surface area (TPSA) is 53.4 Å². The van der Waals surface area contributed by atoms with Crippen LogP contribution >= 0.6 is 11.8 Å². The highest BCUT2D eigenvalue weighted by molar-refractivity contribution is 7.99. The number of methoxy groups -OCH3 is 2. The van der Waals surface area contributed by atoms with Crippen LogP contribution in [0, 0.1) is 0 Å². The van der Waals surface area contributed by atoms with Crippen molar-refractivity contribution < 1.29 is 9.47 Å². The van der Waals surface area contributed by atoms with Crippen LogP contribution < -0.4 is 15.0 Å². The van der Waals surface area contributed by atoms with Crippen LogP contribution in [0.2, 0.25) is 0 Å². The van der Waals surface area contributed by atoms with Crippen LogP contribution in [-0.2, 0) is 0 Å². The number of thioether (sulfide) groups is 1. The van der Waals surface area contributed by atoms with Crippen molar-refractivity contribution in [2.75, 3.05) is 20.0 Å². The standard InChI is InChI=1S/C20H20N2O3S/c1-13(2)12-26-20-21-16-8-6-5-7-15(16)19(23)22(20)14-9-10-17(24-3)18(11-14)25-4/h5-11H,1,12H2,2-4H3. The first-order chi connectivity index (χ1) is 12.5. The van der Waals surface area contributed by atoms with E-state index in [-0.39, 0.29) is 5.56 Å². The molecule has 5 nitrogen and oxygen atoms in total. The molecule has 0 spiro atoms. The largest absolute Gasteiger partial charge is 0.493 e. The number of hydrogen-bond donors (Lipinski definition) is 0. The van der Waals surface area contributed by atoms with Gasteiger partial charge in [-0.25, -0.2) is 4.98 Å². The molecule has 0 unspecified atom stereocenters. The molecule has 3 aromatic rings. The van der Waals surface area contributed by atoms with Gasteiger partial charge in [0.25, 0.3) is 5.56 Å². The van der Waals surface area contributed by atoms with E-state index in [0.29, 0.717) is 39.0 Å².